The largest absolute Gasteiger partial charge is 0.397 e. The van der Waals surface area contributed by atoms with E-state index in [1.165, 1.54) is 13.8 Å². The molecule has 0 aromatic rings. The van der Waals surface area contributed by atoms with Gasteiger partial charge in [0.1, 0.15) is 5.72 Å². The average molecular weight is 121 g/mol. The maximum atomic E-state index is 8.30. The average Bonchev–Trinajstić information content (AvgIpc) is 1.27. The van der Waals surface area contributed by atoms with Crippen LogP contribution in [-0.4, -0.2) is 22.5 Å². The second-order valence-corrected chi connectivity index (χ2v) is 1.97. The molecular weight excluding hydrogens is 106 g/mol. The molecule has 0 atom stereocenters. The van der Waals surface area contributed by atoms with Gasteiger partial charge in [0.2, 0.25) is 0 Å². The summed E-state index contributed by atoms with van der Waals surface area (Å²) in [5.74, 6) is 0. The van der Waals surface area contributed by atoms with Crippen LogP contribution in [0.3, 0.4) is 0 Å². The standard InChI is InChI=1S/C3H9NO.C2H6O/c1-3(2,4)5;1-2-3/h5H,4H2,1-2H3;3H,2H2,1H3. The molecular formula is C5H15NO2. The molecule has 52 valence electrons. The molecule has 0 heterocycles. The van der Waals surface area contributed by atoms with Crippen LogP contribution in [0.15, 0.2) is 0 Å². The van der Waals surface area contributed by atoms with Gasteiger partial charge >= 0.3 is 0 Å². The van der Waals surface area contributed by atoms with Crippen LogP contribution in [0.4, 0.5) is 0 Å². The van der Waals surface area contributed by atoms with E-state index in [2.05, 4.69) is 0 Å². The SMILES string of the molecule is CC(C)(N)O.CCO. The molecule has 0 fully saturated rings. The molecule has 0 amide bonds. The Kier molecular flexibility index (Phi) is 6.78. The summed E-state index contributed by atoms with van der Waals surface area (Å²) in [5.41, 5.74) is 3.91. The molecule has 0 aliphatic carbocycles. The van der Waals surface area contributed by atoms with E-state index in [9.17, 15) is 0 Å². The van der Waals surface area contributed by atoms with Crippen LogP contribution in [0, 0.1) is 0 Å². The van der Waals surface area contributed by atoms with E-state index in [4.69, 9.17) is 15.9 Å². The molecule has 3 heteroatoms. The van der Waals surface area contributed by atoms with Crippen molar-refractivity contribution >= 4 is 0 Å². The maximum Gasteiger partial charge on any atom is 0.107 e. The molecule has 4 N–H and O–H groups in total. The number of rotatable bonds is 0. The van der Waals surface area contributed by atoms with Gasteiger partial charge in [0, 0.05) is 6.61 Å². The minimum absolute atomic E-state index is 0.250. The molecule has 0 rings (SSSR count). The fraction of sp³-hybridized carbons (Fsp3) is 1.00. The minimum Gasteiger partial charge on any atom is -0.397 e. The monoisotopic (exact) mass is 121 g/mol. The predicted octanol–water partition coefficient (Wildman–Crippen LogP) is -0.328. The zero-order valence-electron chi connectivity index (χ0n) is 5.68. The highest BCUT2D eigenvalue weighted by Gasteiger charge is 1.98. The minimum atomic E-state index is -1.00. The molecule has 0 aliphatic rings. The highest BCUT2D eigenvalue weighted by molar-refractivity contribution is 4.47. The Morgan fingerprint density at radius 3 is 1.50 bits per heavy atom. The smallest absolute Gasteiger partial charge is 0.107 e. The molecule has 8 heavy (non-hydrogen) atoms. The van der Waals surface area contributed by atoms with Gasteiger partial charge in [0.05, 0.1) is 0 Å². The van der Waals surface area contributed by atoms with Gasteiger partial charge in [-0.2, -0.15) is 0 Å². The predicted molar refractivity (Wildman–Crippen MR) is 33.2 cm³/mol. The van der Waals surface area contributed by atoms with Crippen molar-refractivity contribution in [3.8, 4) is 0 Å². The Hall–Kier alpha value is -0.120. The fourth-order valence-corrected chi connectivity index (χ4v) is 0. The lowest BCUT2D eigenvalue weighted by molar-refractivity contribution is 0.0881. The summed E-state index contributed by atoms with van der Waals surface area (Å²) in [6, 6.07) is 0. The third-order valence-corrected chi connectivity index (χ3v) is 0. The number of aliphatic hydroxyl groups excluding tert-OH is 1. The van der Waals surface area contributed by atoms with Gasteiger partial charge in [0.15, 0.2) is 0 Å². The van der Waals surface area contributed by atoms with Crippen molar-refractivity contribution < 1.29 is 10.2 Å². The van der Waals surface area contributed by atoms with E-state index in [1.807, 2.05) is 0 Å². The number of nitrogens with two attached hydrogens (primary N) is 1. The lowest BCUT2D eigenvalue weighted by Gasteiger charge is -2.05. The maximum absolute atomic E-state index is 8.30. The lowest BCUT2D eigenvalue weighted by Crippen LogP contribution is -2.30. The molecule has 0 saturated heterocycles. The first-order valence-corrected chi connectivity index (χ1v) is 2.54. The Balaban J connectivity index is 0. The topological polar surface area (TPSA) is 66.5 Å². The highest BCUT2D eigenvalue weighted by Crippen LogP contribution is 1.82. The Morgan fingerprint density at radius 1 is 1.50 bits per heavy atom. The third kappa shape index (κ3) is 9720. The van der Waals surface area contributed by atoms with E-state index in [-0.39, 0.29) is 6.61 Å². The molecule has 3 nitrogen and oxygen atoms in total. The lowest BCUT2D eigenvalue weighted by atomic mass is 10.4. The molecule has 0 saturated carbocycles. The summed E-state index contributed by atoms with van der Waals surface area (Å²) in [4.78, 5) is 0. The second kappa shape index (κ2) is 5.03. The first-order chi connectivity index (χ1) is 3.41. The van der Waals surface area contributed by atoms with Crippen LogP contribution in [0.2, 0.25) is 0 Å². The second-order valence-electron chi connectivity index (χ2n) is 1.97. The van der Waals surface area contributed by atoms with Gasteiger partial charge in [-0.15, -0.1) is 0 Å². The summed E-state index contributed by atoms with van der Waals surface area (Å²) in [7, 11) is 0. The molecule has 0 aromatic carbocycles. The Labute approximate surface area is 50.1 Å². The van der Waals surface area contributed by atoms with Crippen LogP contribution in [0.1, 0.15) is 20.8 Å². The summed E-state index contributed by atoms with van der Waals surface area (Å²) in [6.45, 7) is 4.97. The van der Waals surface area contributed by atoms with Gasteiger partial charge in [-0.05, 0) is 20.8 Å². The third-order valence-electron chi connectivity index (χ3n) is 0. The number of aliphatic hydroxyl groups is 2. The van der Waals surface area contributed by atoms with E-state index in [0.717, 1.165) is 0 Å². The van der Waals surface area contributed by atoms with Crippen molar-refractivity contribution in [2.45, 2.75) is 26.5 Å². The molecule has 0 aliphatic heterocycles. The Bertz CT molecular complexity index is 34.2. The number of hydrogen-bond acceptors (Lipinski definition) is 3. The van der Waals surface area contributed by atoms with Crippen LogP contribution >= 0.6 is 0 Å². The van der Waals surface area contributed by atoms with Crippen LogP contribution in [0.25, 0.3) is 0 Å². The zero-order valence-corrected chi connectivity index (χ0v) is 5.68. The van der Waals surface area contributed by atoms with Crippen LogP contribution < -0.4 is 5.73 Å². The molecule has 0 spiro atoms. The summed E-state index contributed by atoms with van der Waals surface area (Å²) < 4.78 is 0. The van der Waals surface area contributed by atoms with Crippen molar-refractivity contribution in [3.63, 3.8) is 0 Å². The fourth-order valence-electron chi connectivity index (χ4n) is 0. The summed E-state index contributed by atoms with van der Waals surface area (Å²) in [6.07, 6.45) is 0. The van der Waals surface area contributed by atoms with Crippen molar-refractivity contribution in [2.75, 3.05) is 6.61 Å². The van der Waals surface area contributed by atoms with E-state index < -0.39 is 5.72 Å². The van der Waals surface area contributed by atoms with Gasteiger partial charge < -0.3 is 15.9 Å². The molecule has 0 aromatic heterocycles. The summed E-state index contributed by atoms with van der Waals surface area (Å²) in [5, 5.41) is 15.9. The van der Waals surface area contributed by atoms with Gasteiger partial charge in [0.25, 0.3) is 0 Å². The van der Waals surface area contributed by atoms with Crippen LogP contribution in [-0.2, 0) is 0 Å². The van der Waals surface area contributed by atoms with Crippen molar-refractivity contribution in [1.29, 1.82) is 0 Å². The van der Waals surface area contributed by atoms with Crippen LogP contribution in [0.5, 0.6) is 0 Å². The van der Waals surface area contributed by atoms with Gasteiger partial charge in [-0.25, -0.2) is 0 Å². The molecule has 0 radical (unpaired) electrons. The van der Waals surface area contributed by atoms with Crippen molar-refractivity contribution in [3.05, 3.63) is 0 Å². The first-order valence-electron chi connectivity index (χ1n) is 2.54. The quantitative estimate of drug-likeness (QED) is 0.384. The normalized spacial score (nSPS) is 9.75. The molecule has 0 bridgehead atoms. The Morgan fingerprint density at radius 2 is 1.50 bits per heavy atom. The highest BCUT2D eigenvalue weighted by atomic mass is 16.3. The first kappa shape index (κ1) is 10.8. The van der Waals surface area contributed by atoms with Gasteiger partial charge in [-0.3, -0.25) is 0 Å². The zero-order chi connectivity index (χ0) is 7.21. The number of hydrogen-bond donors (Lipinski definition) is 3. The van der Waals surface area contributed by atoms with E-state index in [1.54, 1.807) is 6.92 Å². The summed E-state index contributed by atoms with van der Waals surface area (Å²) >= 11 is 0. The van der Waals surface area contributed by atoms with Gasteiger partial charge in [-0.1, -0.05) is 0 Å². The van der Waals surface area contributed by atoms with Crippen molar-refractivity contribution in [1.82, 2.24) is 0 Å². The van der Waals surface area contributed by atoms with E-state index in [0.29, 0.717) is 0 Å². The molecule has 0 unspecified atom stereocenters. The van der Waals surface area contributed by atoms with E-state index >= 15 is 0 Å². The van der Waals surface area contributed by atoms with Crippen molar-refractivity contribution in [2.24, 2.45) is 5.73 Å².